The van der Waals surface area contributed by atoms with Crippen LogP contribution in [0.5, 0.6) is 0 Å². The van der Waals surface area contributed by atoms with Crippen LogP contribution in [0, 0.1) is 17.2 Å². The summed E-state index contributed by atoms with van der Waals surface area (Å²) in [6.07, 6.45) is 3.81. The highest BCUT2D eigenvalue weighted by molar-refractivity contribution is 5.75. The number of nitrogens with zero attached hydrogens (tertiary/aromatic N) is 4. The number of carbonyl (C=O) groups is 1. The normalized spacial score (nSPS) is 14.6. The SMILES string of the molecule is N#Cc1ncn(CC(=O)NCC2CC2)n1. The lowest BCUT2D eigenvalue weighted by Gasteiger charge is -2.02. The maximum Gasteiger partial charge on any atom is 0.252 e. The molecule has 0 atom stereocenters. The summed E-state index contributed by atoms with van der Waals surface area (Å²) in [6, 6.07) is 1.81. The lowest BCUT2D eigenvalue weighted by Crippen LogP contribution is -2.29. The van der Waals surface area contributed by atoms with Gasteiger partial charge in [-0.1, -0.05) is 0 Å². The van der Waals surface area contributed by atoms with Gasteiger partial charge in [0.1, 0.15) is 18.9 Å². The monoisotopic (exact) mass is 205 g/mol. The fraction of sp³-hybridized carbons (Fsp3) is 0.556. The second kappa shape index (κ2) is 4.09. The zero-order valence-electron chi connectivity index (χ0n) is 8.18. The Labute approximate surface area is 86.9 Å². The molecule has 0 radical (unpaired) electrons. The average Bonchev–Trinajstić information content (AvgIpc) is 2.96. The Hall–Kier alpha value is -1.90. The fourth-order valence-electron chi connectivity index (χ4n) is 1.21. The van der Waals surface area contributed by atoms with Gasteiger partial charge in [0.25, 0.3) is 5.82 Å². The van der Waals surface area contributed by atoms with Crippen molar-refractivity contribution in [3.63, 3.8) is 0 Å². The van der Waals surface area contributed by atoms with E-state index < -0.39 is 0 Å². The van der Waals surface area contributed by atoms with Crippen LogP contribution >= 0.6 is 0 Å². The van der Waals surface area contributed by atoms with Crippen LogP contribution in [0.3, 0.4) is 0 Å². The maximum absolute atomic E-state index is 11.4. The van der Waals surface area contributed by atoms with Gasteiger partial charge in [-0.2, -0.15) is 5.26 Å². The number of carbonyl (C=O) groups excluding carboxylic acids is 1. The molecule has 6 heteroatoms. The third-order valence-electron chi connectivity index (χ3n) is 2.23. The van der Waals surface area contributed by atoms with Crippen molar-refractivity contribution < 1.29 is 4.79 Å². The van der Waals surface area contributed by atoms with Crippen molar-refractivity contribution in [2.24, 2.45) is 5.92 Å². The summed E-state index contributed by atoms with van der Waals surface area (Å²) in [5.74, 6) is 0.667. The van der Waals surface area contributed by atoms with Crippen molar-refractivity contribution in [1.82, 2.24) is 20.1 Å². The minimum Gasteiger partial charge on any atom is -0.354 e. The number of aromatic nitrogens is 3. The summed E-state index contributed by atoms with van der Waals surface area (Å²) in [5.41, 5.74) is 0. The van der Waals surface area contributed by atoms with Gasteiger partial charge >= 0.3 is 0 Å². The van der Waals surface area contributed by atoms with E-state index in [1.807, 2.05) is 0 Å². The number of amides is 1. The Morgan fingerprint density at radius 3 is 3.13 bits per heavy atom. The van der Waals surface area contributed by atoms with E-state index in [0.29, 0.717) is 5.92 Å². The summed E-state index contributed by atoms with van der Waals surface area (Å²) in [6.45, 7) is 0.875. The lowest BCUT2D eigenvalue weighted by molar-refractivity contribution is -0.121. The van der Waals surface area contributed by atoms with Crippen LogP contribution in [0.4, 0.5) is 0 Å². The maximum atomic E-state index is 11.4. The third kappa shape index (κ3) is 2.77. The van der Waals surface area contributed by atoms with Gasteiger partial charge in [0.05, 0.1) is 0 Å². The molecule has 0 aliphatic heterocycles. The molecule has 0 saturated heterocycles. The van der Waals surface area contributed by atoms with Crippen LogP contribution in [0.25, 0.3) is 0 Å². The summed E-state index contributed by atoms with van der Waals surface area (Å²) >= 11 is 0. The minimum absolute atomic E-state index is 0.0868. The first-order valence-electron chi connectivity index (χ1n) is 4.84. The molecule has 1 saturated carbocycles. The minimum atomic E-state index is -0.0868. The molecule has 0 spiro atoms. The van der Waals surface area contributed by atoms with Crippen molar-refractivity contribution in [2.75, 3.05) is 6.54 Å². The summed E-state index contributed by atoms with van der Waals surface area (Å²) < 4.78 is 1.36. The molecule has 1 aromatic heterocycles. The van der Waals surface area contributed by atoms with Crippen LogP contribution < -0.4 is 5.32 Å². The van der Waals surface area contributed by atoms with Crippen LogP contribution in [0.1, 0.15) is 18.7 Å². The van der Waals surface area contributed by atoms with Gasteiger partial charge in [0.2, 0.25) is 5.91 Å². The quantitative estimate of drug-likeness (QED) is 0.729. The van der Waals surface area contributed by atoms with E-state index >= 15 is 0 Å². The second-order valence-electron chi connectivity index (χ2n) is 3.63. The first-order chi connectivity index (χ1) is 7.28. The Balaban J connectivity index is 1.79. The molecule has 1 fully saturated rings. The van der Waals surface area contributed by atoms with Gasteiger partial charge in [-0.15, -0.1) is 5.10 Å². The molecule has 1 heterocycles. The second-order valence-corrected chi connectivity index (χ2v) is 3.63. The zero-order valence-corrected chi connectivity index (χ0v) is 8.18. The van der Waals surface area contributed by atoms with E-state index in [1.54, 1.807) is 6.07 Å². The smallest absolute Gasteiger partial charge is 0.252 e. The molecule has 0 unspecified atom stereocenters. The van der Waals surface area contributed by atoms with Crippen molar-refractivity contribution in [3.05, 3.63) is 12.2 Å². The van der Waals surface area contributed by atoms with Gasteiger partial charge in [-0.3, -0.25) is 4.79 Å². The highest BCUT2D eigenvalue weighted by Gasteiger charge is 2.21. The molecular weight excluding hydrogens is 194 g/mol. The molecule has 0 aromatic carbocycles. The molecular formula is C9H11N5O. The molecule has 15 heavy (non-hydrogen) atoms. The van der Waals surface area contributed by atoms with E-state index in [2.05, 4.69) is 15.4 Å². The number of nitrogens with one attached hydrogen (secondary N) is 1. The van der Waals surface area contributed by atoms with E-state index in [1.165, 1.54) is 23.9 Å². The van der Waals surface area contributed by atoms with Gasteiger partial charge in [-0.05, 0) is 18.8 Å². The Morgan fingerprint density at radius 1 is 1.73 bits per heavy atom. The van der Waals surface area contributed by atoms with Crippen LogP contribution in [-0.4, -0.2) is 27.2 Å². The fourth-order valence-corrected chi connectivity index (χ4v) is 1.21. The summed E-state index contributed by atoms with van der Waals surface area (Å²) in [7, 11) is 0. The summed E-state index contributed by atoms with van der Waals surface area (Å²) in [5, 5.41) is 15.1. The van der Waals surface area contributed by atoms with Crippen molar-refractivity contribution in [1.29, 1.82) is 5.26 Å². The third-order valence-corrected chi connectivity index (χ3v) is 2.23. The van der Waals surface area contributed by atoms with Crippen LogP contribution in [-0.2, 0) is 11.3 Å². The van der Waals surface area contributed by atoms with Crippen molar-refractivity contribution in [2.45, 2.75) is 19.4 Å². The topological polar surface area (TPSA) is 83.6 Å². The number of nitriles is 1. The Kier molecular flexibility index (Phi) is 2.63. The van der Waals surface area contributed by atoms with Gasteiger partial charge in [0, 0.05) is 6.54 Å². The average molecular weight is 205 g/mol. The highest BCUT2D eigenvalue weighted by atomic mass is 16.2. The molecule has 2 rings (SSSR count). The van der Waals surface area contributed by atoms with Gasteiger partial charge in [0.15, 0.2) is 0 Å². The molecule has 1 N–H and O–H groups in total. The van der Waals surface area contributed by atoms with E-state index in [9.17, 15) is 4.79 Å². The Morgan fingerprint density at radius 2 is 2.53 bits per heavy atom. The number of hydrogen-bond donors (Lipinski definition) is 1. The van der Waals surface area contributed by atoms with Crippen molar-refractivity contribution in [3.8, 4) is 6.07 Å². The molecule has 1 aromatic rings. The van der Waals surface area contributed by atoms with E-state index in [-0.39, 0.29) is 18.3 Å². The Bertz CT molecular complexity index is 401. The van der Waals surface area contributed by atoms with Crippen molar-refractivity contribution >= 4 is 5.91 Å². The highest BCUT2D eigenvalue weighted by Crippen LogP contribution is 2.27. The van der Waals surface area contributed by atoms with Crippen LogP contribution in [0.2, 0.25) is 0 Å². The van der Waals surface area contributed by atoms with E-state index in [4.69, 9.17) is 5.26 Å². The molecule has 78 valence electrons. The molecule has 1 amide bonds. The summed E-state index contributed by atoms with van der Waals surface area (Å²) in [4.78, 5) is 15.1. The molecule has 6 nitrogen and oxygen atoms in total. The van der Waals surface area contributed by atoms with Crippen LogP contribution in [0.15, 0.2) is 6.33 Å². The first-order valence-corrected chi connectivity index (χ1v) is 4.84. The van der Waals surface area contributed by atoms with E-state index in [0.717, 1.165) is 6.54 Å². The zero-order chi connectivity index (χ0) is 10.7. The van der Waals surface area contributed by atoms with Gasteiger partial charge < -0.3 is 5.32 Å². The number of hydrogen-bond acceptors (Lipinski definition) is 4. The van der Waals surface area contributed by atoms with Gasteiger partial charge in [-0.25, -0.2) is 9.67 Å². The predicted molar refractivity (Wildman–Crippen MR) is 50.5 cm³/mol. The lowest BCUT2D eigenvalue weighted by atomic mass is 10.4. The molecule has 1 aliphatic rings. The standard InChI is InChI=1S/C9H11N5O/c10-3-8-12-6-14(13-8)5-9(15)11-4-7-1-2-7/h6-7H,1-2,4-5H2,(H,11,15). The molecule has 1 aliphatic carbocycles. The first kappa shape index (κ1) is 9.65. The predicted octanol–water partition coefficient (Wildman–Crippen LogP) is -0.324. The molecule has 0 bridgehead atoms. The number of rotatable bonds is 4. The largest absolute Gasteiger partial charge is 0.354 e.